The molecule has 0 aromatic rings. The molecule has 1 heterocycles. The first-order valence-corrected chi connectivity index (χ1v) is 5.76. The molecule has 0 radical (unpaired) electrons. The SMILES string of the molecule is CN(C)C(=O)CN1CCCC1C(C)(C)C. The van der Waals surface area contributed by atoms with Crippen molar-refractivity contribution in [3.05, 3.63) is 0 Å². The van der Waals surface area contributed by atoms with Gasteiger partial charge in [-0.3, -0.25) is 9.69 Å². The molecule has 1 aliphatic heterocycles. The van der Waals surface area contributed by atoms with Crippen molar-refractivity contribution in [2.75, 3.05) is 27.2 Å². The van der Waals surface area contributed by atoms with Gasteiger partial charge in [-0.25, -0.2) is 0 Å². The van der Waals surface area contributed by atoms with Gasteiger partial charge in [-0.2, -0.15) is 0 Å². The van der Waals surface area contributed by atoms with Gasteiger partial charge in [0.15, 0.2) is 0 Å². The van der Waals surface area contributed by atoms with Crippen molar-refractivity contribution in [1.29, 1.82) is 0 Å². The monoisotopic (exact) mass is 212 g/mol. The zero-order valence-electron chi connectivity index (χ0n) is 10.7. The maximum absolute atomic E-state index is 11.7. The molecule has 88 valence electrons. The Hall–Kier alpha value is -0.570. The van der Waals surface area contributed by atoms with Crippen molar-refractivity contribution in [3.63, 3.8) is 0 Å². The van der Waals surface area contributed by atoms with Gasteiger partial charge in [-0.1, -0.05) is 20.8 Å². The zero-order valence-corrected chi connectivity index (χ0v) is 10.7. The molecular formula is C12H24N2O. The number of carbonyl (C=O) groups excluding carboxylic acids is 1. The van der Waals surface area contributed by atoms with Crippen LogP contribution in [-0.4, -0.2) is 48.9 Å². The summed E-state index contributed by atoms with van der Waals surface area (Å²) in [5.41, 5.74) is 0.281. The molecule has 0 N–H and O–H groups in total. The van der Waals surface area contributed by atoms with E-state index in [9.17, 15) is 4.79 Å². The number of hydrogen-bond donors (Lipinski definition) is 0. The summed E-state index contributed by atoms with van der Waals surface area (Å²) in [4.78, 5) is 15.7. The van der Waals surface area contributed by atoms with E-state index in [1.165, 1.54) is 12.8 Å². The van der Waals surface area contributed by atoms with Crippen LogP contribution in [0.3, 0.4) is 0 Å². The van der Waals surface area contributed by atoms with Crippen LogP contribution in [-0.2, 0) is 4.79 Å². The predicted octanol–water partition coefficient (Wildman–Crippen LogP) is 1.59. The number of amides is 1. The molecular weight excluding hydrogens is 188 g/mol. The van der Waals surface area contributed by atoms with E-state index in [4.69, 9.17) is 0 Å². The predicted molar refractivity (Wildman–Crippen MR) is 62.7 cm³/mol. The first kappa shape index (κ1) is 12.5. The highest BCUT2D eigenvalue weighted by molar-refractivity contribution is 5.77. The normalized spacial score (nSPS) is 23.1. The quantitative estimate of drug-likeness (QED) is 0.694. The minimum atomic E-state index is 0.214. The Bertz CT molecular complexity index is 230. The third kappa shape index (κ3) is 3.20. The number of hydrogen-bond acceptors (Lipinski definition) is 2. The summed E-state index contributed by atoms with van der Waals surface area (Å²) in [7, 11) is 3.65. The van der Waals surface area contributed by atoms with Gasteiger partial charge < -0.3 is 4.90 Å². The molecule has 0 bridgehead atoms. The fraction of sp³-hybridized carbons (Fsp3) is 0.917. The molecule has 1 atom stereocenters. The number of likely N-dealkylation sites (N-methyl/N-ethyl adjacent to an activating group) is 1. The molecule has 1 saturated heterocycles. The second-order valence-electron chi connectivity index (χ2n) is 5.78. The highest BCUT2D eigenvalue weighted by Gasteiger charge is 2.34. The van der Waals surface area contributed by atoms with Gasteiger partial charge in [-0.15, -0.1) is 0 Å². The van der Waals surface area contributed by atoms with E-state index >= 15 is 0 Å². The van der Waals surface area contributed by atoms with Crippen LogP contribution in [0, 0.1) is 5.41 Å². The lowest BCUT2D eigenvalue weighted by molar-refractivity contribution is -0.130. The molecule has 3 heteroatoms. The summed E-state index contributed by atoms with van der Waals surface area (Å²) < 4.78 is 0. The van der Waals surface area contributed by atoms with E-state index in [1.54, 1.807) is 4.90 Å². The van der Waals surface area contributed by atoms with Gasteiger partial charge in [-0.05, 0) is 24.8 Å². The minimum Gasteiger partial charge on any atom is -0.348 e. The Balaban J connectivity index is 2.58. The summed E-state index contributed by atoms with van der Waals surface area (Å²) >= 11 is 0. The van der Waals surface area contributed by atoms with Crippen LogP contribution >= 0.6 is 0 Å². The molecule has 0 saturated carbocycles. The number of carbonyl (C=O) groups is 1. The van der Waals surface area contributed by atoms with Gasteiger partial charge in [0.2, 0.25) is 5.91 Å². The molecule has 3 nitrogen and oxygen atoms in total. The van der Waals surface area contributed by atoms with Crippen molar-refractivity contribution in [2.45, 2.75) is 39.7 Å². The van der Waals surface area contributed by atoms with Crippen LogP contribution in [0.4, 0.5) is 0 Å². The van der Waals surface area contributed by atoms with E-state index in [-0.39, 0.29) is 11.3 Å². The Morgan fingerprint density at radius 1 is 1.40 bits per heavy atom. The second kappa shape index (κ2) is 4.52. The molecule has 0 spiro atoms. The lowest BCUT2D eigenvalue weighted by Crippen LogP contribution is -2.44. The second-order valence-corrected chi connectivity index (χ2v) is 5.78. The average Bonchev–Trinajstić information content (AvgIpc) is 2.50. The van der Waals surface area contributed by atoms with Gasteiger partial charge >= 0.3 is 0 Å². The first-order valence-electron chi connectivity index (χ1n) is 5.76. The van der Waals surface area contributed by atoms with Gasteiger partial charge in [0.25, 0.3) is 0 Å². The van der Waals surface area contributed by atoms with Crippen molar-refractivity contribution in [2.24, 2.45) is 5.41 Å². The third-order valence-electron chi connectivity index (χ3n) is 3.20. The standard InChI is InChI=1S/C12H24N2O/c1-12(2,3)10-7-6-8-14(10)9-11(15)13(4)5/h10H,6-9H2,1-5H3. The summed E-state index contributed by atoms with van der Waals surface area (Å²) in [6, 6.07) is 0.557. The fourth-order valence-electron chi connectivity index (χ4n) is 2.31. The van der Waals surface area contributed by atoms with E-state index in [0.717, 1.165) is 6.54 Å². The van der Waals surface area contributed by atoms with Crippen LogP contribution in [0.15, 0.2) is 0 Å². The largest absolute Gasteiger partial charge is 0.348 e. The molecule has 0 aromatic carbocycles. The lowest BCUT2D eigenvalue weighted by atomic mass is 9.85. The fourth-order valence-corrected chi connectivity index (χ4v) is 2.31. The molecule has 0 aliphatic carbocycles. The van der Waals surface area contributed by atoms with Crippen LogP contribution in [0.2, 0.25) is 0 Å². The molecule has 0 aromatic heterocycles. The molecule has 1 unspecified atom stereocenters. The molecule has 1 amide bonds. The van der Waals surface area contributed by atoms with E-state index < -0.39 is 0 Å². The van der Waals surface area contributed by atoms with E-state index in [1.807, 2.05) is 14.1 Å². The van der Waals surface area contributed by atoms with Crippen molar-refractivity contribution >= 4 is 5.91 Å². The number of likely N-dealkylation sites (tertiary alicyclic amines) is 1. The molecule has 1 rings (SSSR count). The van der Waals surface area contributed by atoms with Crippen LogP contribution in [0.1, 0.15) is 33.6 Å². The Morgan fingerprint density at radius 2 is 2.00 bits per heavy atom. The van der Waals surface area contributed by atoms with Crippen molar-refractivity contribution in [3.8, 4) is 0 Å². The topological polar surface area (TPSA) is 23.6 Å². The minimum absolute atomic E-state index is 0.214. The molecule has 1 aliphatic rings. The van der Waals surface area contributed by atoms with E-state index in [0.29, 0.717) is 12.6 Å². The smallest absolute Gasteiger partial charge is 0.236 e. The highest BCUT2D eigenvalue weighted by atomic mass is 16.2. The highest BCUT2D eigenvalue weighted by Crippen LogP contribution is 2.32. The Morgan fingerprint density at radius 3 is 2.47 bits per heavy atom. The van der Waals surface area contributed by atoms with Gasteiger partial charge in [0.1, 0.15) is 0 Å². The van der Waals surface area contributed by atoms with Crippen molar-refractivity contribution < 1.29 is 4.79 Å². The van der Waals surface area contributed by atoms with Crippen LogP contribution in [0.25, 0.3) is 0 Å². The van der Waals surface area contributed by atoms with Gasteiger partial charge in [0.05, 0.1) is 6.54 Å². The number of nitrogens with zero attached hydrogens (tertiary/aromatic N) is 2. The summed E-state index contributed by atoms with van der Waals surface area (Å²) in [6.07, 6.45) is 2.45. The third-order valence-corrected chi connectivity index (χ3v) is 3.20. The Labute approximate surface area is 93.4 Å². The van der Waals surface area contributed by atoms with Crippen LogP contribution in [0.5, 0.6) is 0 Å². The zero-order chi connectivity index (χ0) is 11.6. The number of rotatable bonds is 2. The summed E-state index contributed by atoms with van der Waals surface area (Å²) in [5, 5.41) is 0. The first-order chi connectivity index (χ1) is 6.82. The van der Waals surface area contributed by atoms with Crippen LogP contribution < -0.4 is 0 Å². The van der Waals surface area contributed by atoms with Gasteiger partial charge in [0, 0.05) is 20.1 Å². The average molecular weight is 212 g/mol. The molecule has 1 fully saturated rings. The lowest BCUT2D eigenvalue weighted by Gasteiger charge is -2.35. The maximum Gasteiger partial charge on any atom is 0.236 e. The van der Waals surface area contributed by atoms with E-state index in [2.05, 4.69) is 25.7 Å². The molecule has 15 heavy (non-hydrogen) atoms. The summed E-state index contributed by atoms with van der Waals surface area (Å²) in [6.45, 7) is 8.43. The Kier molecular flexibility index (Phi) is 3.77. The summed E-state index contributed by atoms with van der Waals surface area (Å²) in [5.74, 6) is 0.214. The van der Waals surface area contributed by atoms with Crippen molar-refractivity contribution in [1.82, 2.24) is 9.80 Å². The maximum atomic E-state index is 11.7.